The summed E-state index contributed by atoms with van der Waals surface area (Å²) in [6.45, 7) is 6.81. The lowest BCUT2D eigenvalue weighted by atomic mass is 10.2. The zero-order valence-electron chi connectivity index (χ0n) is 17.9. The predicted octanol–water partition coefficient (Wildman–Crippen LogP) is 4.05. The van der Waals surface area contributed by atoms with Crippen LogP contribution in [0.15, 0.2) is 34.4 Å². The first-order valence-electron chi connectivity index (χ1n) is 9.56. The Hall–Kier alpha value is -1.36. The summed E-state index contributed by atoms with van der Waals surface area (Å²) in [6.07, 6.45) is 3.84. The van der Waals surface area contributed by atoms with Gasteiger partial charge in [0.05, 0.1) is 0 Å². The molecule has 0 amide bonds. The first-order valence-corrected chi connectivity index (χ1v) is 10.8. The average molecular weight is 534 g/mol. The highest BCUT2D eigenvalue weighted by atomic mass is 127. The van der Waals surface area contributed by atoms with E-state index in [9.17, 15) is 4.39 Å². The molecule has 0 bridgehead atoms. The van der Waals surface area contributed by atoms with Gasteiger partial charge in [0.25, 0.3) is 0 Å². The molecule has 0 radical (unpaired) electrons. The molecule has 9 heteroatoms. The highest BCUT2D eigenvalue weighted by molar-refractivity contribution is 14.0. The molecule has 0 unspecified atom stereocenters. The molecule has 0 aliphatic heterocycles. The molecule has 0 spiro atoms. The van der Waals surface area contributed by atoms with Gasteiger partial charge in [-0.05, 0) is 36.3 Å². The Morgan fingerprint density at radius 1 is 1.28 bits per heavy atom. The average Bonchev–Trinajstić information content (AvgIpc) is 3.04. The Morgan fingerprint density at radius 3 is 2.55 bits per heavy atom. The first-order chi connectivity index (χ1) is 13.4. The zero-order valence-corrected chi connectivity index (χ0v) is 21.0. The van der Waals surface area contributed by atoms with E-state index >= 15 is 0 Å². The van der Waals surface area contributed by atoms with Gasteiger partial charge in [0.1, 0.15) is 11.6 Å². The van der Waals surface area contributed by atoms with Crippen molar-refractivity contribution in [3.8, 4) is 0 Å². The number of halogens is 2. The van der Waals surface area contributed by atoms with Gasteiger partial charge in [0.2, 0.25) is 0 Å². The molecule has 1 aromatic carbocycles. The van der Waals surface area contributed by atoms with E-state index in [2.05, 4.69) is 38.9 Å². The number of nitrogens with zero attached hydrogens (tertiary/aromatic N) is 5. The Morgan fingerprint density at radius 2 is 1.97 bits per heavy atom. The van der Waals surface area contributed by atoms with E-state index in [4.69, 9.17) is 0 Å². The molecule has 0 atom stereocenters. The van der Waals surface area contributed by atoms with Crippen LogP contribution in [-0.4, -0.2) is 52.5 Å². The lowest BCUT2D eigenvalue weighted by Gasteiger charge is -2.22. The summed E-state index contributed by atoms with van der Waals surface area (Å²) < 4.78 is 15.3. The van der Waals surface area contributed by atoms with Crippen LogP contribution in [0.5, 0.6) is 0 Å². The van der Waals surface area contributed by atoms with E-state index in [1.54, 1.807) is 30.9 Å². The lowest BCUT2D eigenvalue weighted by Crippen LogP contribution is -2.39. The maximum atomic E-state index is 13.1. The van der Waals surface area contributed by atoms with Crippen molar-refractivity contribution in [2.24, 2.45) is 10.9 Å². The second kappa shape index (κ2) is 13.0. The maximum Gasteiger partial charge on any atom is 0.193 e. The molecule has 1 N–H and O–H groups in total. The molecule has 162 valence electrons. The molecule has 0 fully saturated rings. The molecule has 2 aromatic rings. The third-order valence-electron chi connectivity index (χ3n) is 4.29. The quantitative estimate of drug-likeness (QED) is 0.173. The van der Waals surface area contributed by atoms with Crippen LogP contribution in [0.1, 0.15) is 31.7 Å². The summed E-state index contributed by atoms with van der Waals surface area (Å²) in [6, 6.07) is 6.55. The molecular weight excluding hydrogens is 502 g/mol. The first kappa shape index (κ1) is 25.7. The van der Waals surface area contributed by atoms with Crippen molar-refractivity contribution in [1.82, 2.24) is 25.0 Å². The van der Waals surface area contributed by atoms with Crippen LogP contribution in [-0.2, 0) is 19.5 Å². The minimum Gasteiger partial charge on any atom is -0.356 e. The van der Waals surface area contributed by atoms with E-state index in [-0.39, 0.29) is 29.8 Å². The summed E-state index contributed by atoms with van der Waals surface area (Å²) in [5.74, 6) is 2.19. The van der Waals surface area contributed by atoms with E-state index in [1.165, 1.54) is 12.1 Å². The zero-order chi connectivity index (χ0) is 20.5. The van der Waals surface area contributed by atoms with Crippen LogP contribution in [0.4, 0.5) is 4.39 Å². The number of thioether (sulfide) groups is 1. The number of benzene rings is 1. The summed E-state index contributed by atoms with van der Waals surface area (Å²) in [7, 11) is 3.75. The van der Waals surface area contributed by atoms with Gasteiger partial charge in [-0.15, -0.1) is 34.2 Å². The minimum atomic E-state index is -0.219. The number of rotatable bonds is 9. The van der Waals surface area contributed by atoms with Gasteiger partial charge in [-0.1, -0.05) is 37.7 Å². The van der Waals surface area contributed by atoms with Gasteiger partial charge in [-0.3, -0.25) is 4.99 Å². The summed E-state index contributed by atoms with van der Waals surface area (Å²) in [5.41, 5.74) is 1.04. The fraction of sp³-hybridized carbons (Fsp3) is 0.550. The van der Waals surface area contributed by atoms with Crippen LogP contribution < -0.4 is 5.32 Å². The van der Waals surface area contributed by atoms with E-state index in [1.807, 2.05) is 18.2 Å². The number of guanidine groups is 1. The SMILES string of the molecule is CN=C(NCCCc1nnc(SC)n1CC(C)C)N(C)Cc1ccc(F)cc1.I. The third kappa shape index (κ3) is 8.12. The highest BCUT2D eigenvalue weighted by Gasteiger charge is 2.13. The molecule has 1 heterocycles. The molecule has 0 saturated carbocycles. The Balaban J connectivity index is 0.00000420. The van der Waals surface area contributed by atoms with Crippen molar-refractivity contribution in [3.05, 3.63) is 41.5 Å². The van der Waals surface area contributed by atoms with Gasteiger partial charge in [0, 0.05) is 40.2 Å². The number of hydrogen-bond acceptors (Lipinski definition) is 4. The molecule has 0 saturated heterocycles. The van der Waals surface area contributed by atoms with Crippen molar-refractivity contribution >= 4 is 41.7 Å². The molecule has 1 aromatic heterocycles. The molecular formula is C20H32FIN6S. The van der Waals surface area contributed by atoms with Gasteiger partial charge in [-0.25, -0.2) is 4.39 Å². The van der Waals surface area contributed by atoms with Gasteiger partial charge in [0.15, 0.2) is 11.1 Å². The third-order valence-corrected chi connectivity index (χ3v) is 4.96. The van der Waals surface area contributed by atoms with E-state index < -0.39 is 0 Å². The number of hydrogen-bond donors (Lipinski definition) is 1. The molecule has 0 aliphatic carbocycles. The summed E-state index contributed by atoms with van der Waals surface area (Å²) >= 11 is 1.64. The predicted molar refractivity (Wildman–Crippen MR) is 130 cm³/mol. The number of aryl methyl sites for hydroxylation is 1. The van der Waals surface area contributed by atoms with Crippen LogP contribution in [0, 0.1) is 11.7 Å². The summed E-state index contributed by atoms with van der Waals surface area (Å²) in [5, 5.41) is 13.0. The number of nitrogens with one attached hydrogen (secondary N) is 1. The fourth-order valence-electron chi connectivity index (χ4n) is 2.97. The number of aromatic nitrogens is 3. The lowest BCUT2D eigenvalue weighted by molar-refractivity contribution is 0.468. The standard InChI is InChI=1S/C20H31FN6S.HI/c1-15(2)13-27-18(24-25-20(27)28-5)7-6-12-23-19(22-3)26(4)14-16-8-10-17(21)11-9-16;/h8-11,15H,6-7,12-14H2,1-5H3,(H,22,23);1H. The second-order valence-corrected chi connectivity index (χ2v) is 7.94. The van der Waals surface area contributed by atoms with Gasteiger partial charge in [-0.2, -0.15) is 0 Å². The smallest absolute Gasteiger partial charge is 0.193 e. The Labute approximate surface area is 194 Å². The van der Waals surface area contributed by atoms with Crippen LogP contribution in [0.25, 0.3) is 0 Å². The molecule has 0 aliphatic rings. The molecule has 6 nitrogen and oxygen atoms in total. The summed E-state index contributed by atoms with van der Waals surface area (Å²) in [4.78, 5) is 6.37. The normalized spacial score (nSPS) is 11.5. The number of aliphatic imine (C=N–C) groups is 1. The maximum absolute atomic E-state index is 13.1. The highest BCUT2D eigenvalue weighted by Crippen LogP contribution is 2.16. The second-order valence-electron chi connectivity index (χ2n) is 7.17. The molecule has 29 heavy (non-hydrogen) atoms. The molecule has 2 rings (SSSR count). The van der Waals surface area contributed by atoms with E-state index in [0.29, 0.717) is 12.5 Å². The monoisotopic (exact) mass is 534 g/mol. The largest absolute Gasteiger partial charge is 0.356 e. The minimum absolute atomic E-state index is 0. The topological polar surface area (TPSA) is 58.3 Å². The van der Waals surface area contributed by atoms with Crippen LogP contribution >= 0.6 is 35.7 Å². The Kier molecular flexibility index (Phi) is 11.6. The van der Waals surface area contributed by atoms with Crippen molar-refractivity contribution < 1.29 is 4.39 Å². The fourth-order valence-corrected chi connectivity index (χ4v) is 3.50. The Bertz CT molecular complexity index is 763. The van der Waals surface area contributed by atoms with Gasteiger partial charge >= 0.3 is 0 Å². The van der Waals surface area contributed by atoms with Crippen LogP contribution in [0.3, 0.4) is 0 Å². The van der Waals surface area contributed by atoms with Crippen molar-refractivity contribution in [1.29, 1.82) is 0 Å². The van der Waals surface area contributed by atoms with Crippen molar-refractivity contribution in [2.75, 3.05) is 26.9 Å². The van der Waals surface area contributed by atoms with Crippen LogP contribution in [0.2, 0.25) is 0 Å². The van der Waals surface area contributed by atoms with E-state index in [0.717, 1.165) is 48.4 Å². The van der Waals surface area contributed by atoms with Crippen molar-refractivity contribution in [3.63, 3.8) is 0 Å². The van der Waals surface area contributed by atoms with Gasteiger partial charge < -0.3 is 14.8 Å². The van der Waals surface area contributed by atoms with Crippen molar-refractivity contribution in [2.45, 2.75) is 44.9 Å².